The van der Waals surface area contributed by atoms with E-state index in [1.54, 1.807) is 0 Å². The predicted molar refractivity (Wildman–Crippen MR) is 58.9 cm³/mol. The van der Waals surface area contributed by atoms with Gasteiger partial charge in [-0.3, -0.25) is 9.78 Å². The number of methoxy groups -OCH3 is 1. The summed E-state index contributed by atoms with van der Waals surface area (Å²) < 4.78 is 18.7. The molecule has 0 aliphatic heterocycles. The number of hydrogen-bond acceptors (Lipinski definition) is 5. The van der Waals surface area contributed by atoms with Crippen LogP contribution < -0.4 is 5.56 Å². The molecule has 0 aliphatic rings. The summed E-state index contributed by atoms with van der Waals surface area (Å²) in [6.07, 6.45) is 2.27. The zero-order valence-corrected chi connectivity index (χ0v) is 9.33. The largest absolute Gasteiger partial charge is 0.464 e. The number of nitrogens with zero attached hydrogens (tertiary/aromatic N) is 3. The van der Waals surface area contributed by atoms with Gasteiger partial charge in [0.25, 0.3) is 5.56 Å². The third-order valence-corrected chi connectivity index (χ3v) is 2.17. The first-order valence-electron chi connectivity index (χ1n) is 4.92. The van der Waals surface area contributed by atoms with E-state index in [4.69, 9.17) is 0 Å². The maximum absolute atomic E-state index is 13.5. The lowest BCUT2D eigenvalue weighted by Crippen LogP contribution is -2.24. The van der Waals surface area contributed by atoms with Gasteiger partial charge in [0, 0.05) is 12.3 Å². The number of hydrogen-bond donors (Lipinski definition) is 0. The third kappa shape index (κ3) is 2.10. The fourth-order valence-corrected chi connectivity index (χ4v) is 1.34. The van der Waals surface area contributed by atoms with Crippen molar-refractivity contribution in [3.8, 4) is 5.69 Å². The molecule has 92 valence electrons. The van der Waals surface area contributed by atoms with E-state index in [9.17, 15) is 14.0 Å². The quantitative estimate of drug-likeness (QED) is 0.727. The van der Waals surface area contributed by atoms with Crippen molar-refractivity contribution < 1.29 is 13.9 Å². The molecule has 0 fully saturated rings. The number of esters is 1. The second kappa shape index (κ2) is 4.74. The summed E-state index contributed by atoms with van der Waals surface area (Å²) in [5.41, 5.74) is -0.734. The smallest absolute Gasteiger partial charge is 0.358 e. The zero-order valence-electron chi connectivity index (χ0n) is 9.33. The van der Waals surface area contributed by atoms with E-state index in [0.29, 0.717) is 0 Å². The van der Waals surface area contributed by atoms with Gasteiger partial charge in [-0.25, -0.2) is 9.18 Å². The van der Waals surface area contributed by atoms with Crippen molar-refractivity contribution in [2.75, 3.05) is 7.11 Å². The average molecular weight is 249 g/mol. The molecular weight excluding hydrogens is 241 g/mol. The Morgan fingerprint density at radius 1 is 1.39 bits per heavy atom. The average Bonchev–Trinajstić information content (AvgIpc) is 2.39. The monoisotopic (exact) mass is 249 g/mol. The Kier molecular flexibility index (Phi) is 3.13. The highest BCUT2D eigenvalue weighted by Crippen LogP contribution is 2.07. The molecule has 0 unspecified atom stereocenters. The normalized spacial score (nSPS) is 10.1. The van der Waals surface area contributed by atoms with E-state index in [0.717, 1.165) is 16.9 Å². The van der Waals surface area contributed by atoms with Crippen molar-refractivity contribution in [2.45, 2.75) is 0 Å². The van der Waals surface area contributed by atoms with E-state index >= 15 is 0 Å². The Morgan fingerprint density at radius 3 is 2.83 bits per heavy atom. The van der Waals surface area contributed by atoms with Crippen molar-refractivity contribution in [1.82, 2.24) is 14.8 Å². The van der Waals surface area contributed by atoms with E-state index < -0.39 is 17.3 Å². The summed E-state index contributed by atoms with van der Waals surface area (Å²) in [6.45, 7) is 0. The molecule has 0 amide bonds. The molecule has 0 bridgehead atoms. The number of pyridine rings is 1. The molecule has 2 aromatic rings. The Bertz CT molecular complexity index is 654. The van der Waals surface area contributed by atoms with Gasteiger partial charge in [-0.15, -0.1) is 0 Å². The number of aromatic nitrogens is 3. The van der Waals surface area contributed by atoms with E-state index in [2.05, 4.69) is 14.8 Å². The van der Waals surface area contributed by atoms with Crippen LogP contribution in [0.3, 0.4) is 0 Å². The summed E-state index contributed by atoms with van der Waals surface area (Å²) in [5, 5.41) is 3.74. The molecule has 7 heteroatoms. The number of halogens is 1. The van der Waals surface area contributed by atoms with Crippen molar-refractivity contribution in [3.63, 3.8) is 0 Å². The maximum Gasteiger partial charge on any atom is 0.358 e. The van der Waals surface area contributed by atoms with Crippen LogP contribution in [0, 0.1) is 5.82 Å². The van der Waals surface area contributed by atoms with Gasteiger partial charge in [0.05, 0.1) is 13.3 Å². The minimum atomic E-state index is -0.714. The molecule has 0 atom stereocenters. The predicted octanol–water partition coefficient (Wildman–Crippen LogP) is 0.553. The summed E-state index contributed by atoms with van der Waals surface area (Å²) >= 11 is 0. The molecule has 2 rings (SSSR count). The van der Waals surface area contributed by atoms with E-state index in [1.807, 2.05) is 0 Å². The number of carbonyl (C=O) groups excluding carboxylic acids is 1. The van der Waals surface area contributed by atoms with Crippen LogP contribution in [-0.4, -0.2) is 27.8 Å². The zero-order chi connectivity index (χ0) is 13.1. The highest BCUT2D eigenvalue weighted by Gasteiger charge is 2.12. The fraction of sp³-hybridized carbons (Fsp3) is 0.0909. The summed E-state index contributed by atoms with van der Waals surface area (Å²) in [6, 6.07) is 3.60. The van der Waals surface area contributed by atoms with Crippen LogP contribution in [0.2, 0.25) is 0 Å². The van der Waals surface area contributed by atoms with Crippen molar-refractivity contribution in [3.05, 3.63) is 52.5 Å². The minimum Gasteiger partial charge on any atom is -0.464 e. The van der Waals surface area contributed by atoms with Gasteiger partial charge < -0.3 is 4.74 Å². The molecular formula is C11H8FN3O3. The summed E-state index contributed by atoms with van der Waals surface area (Å²) in [5.74, 6) is -1.42. The van der Waals surface area contributed by atoms with Crippen molar-refractivity contribution in [2.24, 2.45) is 0 Å². The van der Waals surface area contributed by atoms with Crippen LogP contribution in [-0.2, 0) is 4.74 Å². The number of ether oxygens (including phenoxy) is 1. The van der Waals surface area contributed by atoms with Gasteiger partial charge >= 0.3 is 5.97 Å². The van der Waals surface area contributed by atoms with Crippen LogP contribution >= 0.6 is 0 Å². The van der Waals surface area contributed by atoms with Crippen molar-refractivity contribution >= 4 is 5.97 Å². The SMILES string of the molecule is COC(=O)c1ccc(=O)n(-c2ccncc2F)n1. The molecule has 0 saturated heterocycles. The van der Waals surface area contributed by atoms with Gasteiger partial charge in [0.2, 0.25) is 0 Å². The molecule has 0 spiro atoms. The number of rotatable bonds is 2. The second-order valence-electron chi connectivity index (χ2n) is 3.29. The molecule has 2 aromatic heterocycles. The van der Waals surface area contributed by atoms with Gasteiger partial charge in [-0.05, 0) is 12.1 Å². The van der Waals surface area contributed by atoms with Gasteiger partial charge in [0.15, 0.2) is 11.5 Å². The summed E-state index contributed by atoms with van der Waals surface area (Å²) in [7, 11) is 1.19. The fourth-order valence-electron chi connectivity index (χ4n) is 1.34. The highest BCUT2D eigenvalue weighted by atomic mass is 19.1. The third-order valence-electron chi connectivity index (χ3n) is 2.17. The van der Waals surface area contributed by atoms with Crippen molar-refractivity contribution in [1.29, 1.82) is 0 Å². The number of carbonyl (C=O) groups is 1. The molecule has 0 N–H and O–H groups in total. The van der Waals surface area contributed by atoms with Crippen LogP contribution in [0.25, 0.3) is 5.69 Å². The lowest BCUT2D eigenvalue weighted by atomic mass is 10.3. The second-order valence-corrected chi connectivity index (χ2v) is 3.29. The lowest BCUT2D eigenvalue weighted by molar-refractivity contribution is 0.0591. The molecule has 0 radical (unpaired) electrons. The molecule has 0 saturated carbocycles. The first-order chi connectivity index (χ1) is 8.63. The molecule has 0 aromatic carbocycles. The Morgan fingerprint density at radius 2 is 2.17 bits per heavy atom. The Balaban J connectivity index is 2.61. The Labute approximate surface area is 101 Å². The van der Waals surface area contributed by atoms with Crippen LogP contribution in [0.1, 0.15) is 10.5 Å². The van der Waals surface area contributed by atoms with Crippen LogP contribution in [0.5, 0.6) is 0 Å². The van der Waals surface area contributed by atoms with Gasteiger partial charge in [-0.1, -0.05) is 0 Å². The lowest BCUT2D eigenvalue weighted by Gasteiger charge is -2.06. The molecule has 2 heterocycles. The maximum atomic E-state index is 13.5. The van der Waals surface area contributed by atoms with Crippen LogP contribution in [0.15, 0.2) is 35.4 Å². The summed E-state index contributed by atoms with van der Waals surface area (Å²) in [4.78, 5) is 26.4. The van der Waals surface area contributed by atoms with Gasteiger partial charge in [-0.2, -0.15) is 9.78 Å². The minimum absolute atomic E-state index is 0.0826. The molecule has 18 heavy (non-hydrogen) atoms. The Hall–Kier alpha value is -2.57. The molecule has 6 nitrogen and oxygen atoms in total. The first-order valence-corrected chi connectivity index (χ1v) is 4.92. The van der Waals surface area contributed by atoms with E-state index in [-0.39, 0.29) is 11.4 Å². The van der Waals surface area contributed by atoms with Gasteiger partial charge in [0.1, 0.15) is 5.69 Å². The van der Waals surface area contributed by atoms with Crippen LogP contribution in [0.4, 0.5) is 4.39 Å². The van der Waals surface area contributed by atoms with E-state index in [1.165, 1.54) is 25.4 Å². The first kappa shape index (κ1) is 11.9. The molecule has 0 aliphatic carbocycles. The topological polar surface area (TPSA) is 74.1 Å². The standard InChI is InChI=1S/C11H8FN3O3/c1-18-11(17)8-2-3-10(16)15(14-8)9-4-5-13-6-7(9)12/h2-6H,1H3. The highest BCUT2D eigenvalue weighted by molar-refractivity contribution is 5.86.